The molecule has 0 N–H and O–H groups in total. The van der Waals surface area contributed by atoms with Crippen LogP contribution >= 0.6 is 0 Å². The Morgan fingerprint density at radius 3 is 2.50 bits per heavy atom. The molecular weight excluding hydrogens is 292 g/mol. The fourth-order valence-corrected chi connectivity index (χ4v) is 3.31. The highest BCUT2D eigenvalue weighted by Crippen LogP contribution is 2.39. The number of likely N-dealkylation sites (N-methyl/N-ethyl adjacent to an activating group) is 1. The number of allylic oxidation sites excluding steroid dienone is 1. The summed E-state index contributed by atoms with van der Waals surface area (Å²) in [5.41, 5.74) is 8.63. The quantitative estimate of drug-likeness (QED) is 0.650. The molecule has 1 aliphatic heterocycles. The first-order chi connectivity index (χ1) is 11.3. The van der Waals surface area contributed by atoms with Gasteiger partial charge in [-0.15, -0.1) is 0 Å². The van der Waals surface area contributed by atoms with Gasteiger partial charge in [-0.2, -0.15) is 0 Å². The van der Waals surface area contributed by atoms with Crippen LogP contribution in [0, 0.1) is 13.8 Å². The molecule has 0 bridgehead atoms. The lowest BCUT2D eigenvalue weighted by molar-refractivity contribution is 0.597. The van der Waals surface area contributed by atoms with Crippen LogP contribution in [0.1, 0.15) is 43.0 Å². The fourth-order valence-electron chi connectivity index (χ4n) is 3.31. The van der Waals surface area contributed by atoms with E-state index in [0.29, 0.717) is 0 Å². The molecule has 2 heteroatoms. The minimum absolute atomic E-state index is 0.0424. The van der Waals surface area contributed by atoms with Crippen LogP contribution in [0.2, 0.25) is 0 Å². The first kappa shape index (κ1) is 16.5. The van der Waals surface area contributed by atoms with Crippen molar-refractivity contribution in [1.82, 2.24) is 0 Å². The molecule has 0 aliphatic carbocycles. The summed E-state index contributed by atoms with van der Waals surface area (Å²) >= 11 is 0. The summed E-state index contributed by atoms with van der Waals surface area (Å²) in [6, 6.07) is 12.8. The SMILES string of the molecule is CC1=CC(C)(C)N(C)c2cc(C)c(C=Nc3cccc(C)c3)cc21. The summed E-state index contributed by atoms with van der Waals surface area (Å²) in [5.74, 6) is 0. The summed E-state index contributed by atoms with van der Waals surface area (Å²) in [5, 5.41) is 0. The zero-order chi connectivity index (χ0) is 17.5. The highest BCUT2D eigenvalue weighted by Gasteiger charge is 2.28. The Labute approximate surface area is 145 Å². The largest absolute Gasteiger partial charge is 0.365 e. The van der Waals surface area contributed by atoms with Crippen molar-refractivity contribution in [2.75, 3.05) is 11.9 Å². The number of anilines is 1. The third-order valence-corrected chi connectivity index (χ3v) is 4.96. The molecule has 0 saturated heterocycles. The Morgan fingerprint density at radius 1 is 1.04 bits per heavy atom. The van der Waals surface area contributed by atoms with Gasteiger partial charge >= 0.3 is 0 Å². The number of hydrogen-bond acceptors (Lipinski definition) is 2. The third-order valence-electron chi connectivity index (χ3n) is 4.96. The Balaban J connectivity index is 2.02. The second-order valence-corrected chi connectivity index (χ2v) is 7.36. The first-order valence-electron chi connectivity index (χ1n) is 8.47. The summed E-state index contributed by atoms with van der Waals surface area (Å²) in [7, 11) is 2.17. The van der Waals surface area contributed by atoms with Gasteiger partial charge < -0.3 is 4.90 Å². The summed E-state index contributed by atoms with van der Waals surface area (Å²) in [6.45, 7) is 11.0. The highest BCUT2D eigenvalue weighted by molar-refractivity contribution is 5.90. The molecule has 2 aromatic carbocycles. The molecule has 0 radical (unpaired) electrons. The van der Waals surface area contributed by atoms with Crippen LogP contribution in [0.5, 0.6) is 0 Å². The Hall–Kier alpha value is -2.35. The number of aryl methyl sites for hydroxylation is 2. The van der Waals surface area contributed by atoms with E-state index in [0.717, 1.165) is 5.69 Å². The molecule has 2 aromatic rings. The lowest BCUT2D eigenvalue weighted by Crippen LogP contribution is -2.42. The number of fused-ring (bicyclic) bond motifs is 1. The lowest BCUT2D eigenvalue weighted by Gasteiger charge is -2.41. The van der Waals surface area contributed by atoms with Crippen LogP contribution < -0.4 is 4.90 Å². The zero-order valence-corrected chi connectivity index (χ0v) is 15.5. The Kier molecular flexibility index (Phi) is 4.08. The van der Waals surface area contributed by atoms with Crippen LogP contribution in [0.15, 0.2) is 47.5 Å². The average Bonchev–Trinajstić information content (AvgIpc) is 2.51. The van der Waals surface area contributed by atoms with E-state index in [1.807, 2.05) is 18.3 Å². The summed E-state index contributed by atoms with van der Waals surface area (Å²) in [4.78, 5) is 7.01. The zero-order valence-electron chi connectivity index (χ0n) is 15.5. The molecule has 0 unspecified atom stereocenters. The molecule has 0 atom stereocenters. The minimum atomic E-state index is 0.0424. The average molecular weight is 318 g/mol. The van der Waals surface area contributed by atoms with E-state index in [-0.39, 0.29) is 5.54 Å². The molecule has 0 spiro atoms. The van der Waals surface area contributed by atoms with Crippen molar-refractivity contribution in [3.05, 3.63) is 64.7 Å². The van der Waals surface area contributed by atoms with E-state index < -0.39 is 0 Å². The van der Waals surface area contributed by atoms with Crippen molar-refractivity contribution in [2.24, 2.45) is 4.99 Å². The van der Waals surface area contributed by atoms with Gasteiger partial charge in [0.05, 0.1) is 11.2 Å². The van der Waals surface area contributed by atoms with E-state index in [1.165, 1.54) is 33.5 Å². The highest BCUT2D eigenvalue weighted by atomic mass is 15.2. The Bertz CT molecular complexity index is 841. The van der Waals surface area contributed by atoms with Crippen LogP contribution in [0.25, 0.3) is 5.57 Å². The first-order valence-corrected chi connectivity index (χ1v) is 8.47. The van der Waals surface area contributed by atoms with Crippen LogP contribution in [-0.4, -0.2) is 18.8 Å². The number of hydrogen-bond donors (Lipinski definition) is 0. The van der Waals surface area contributed by atoms with Crippen molar-refractivity contribution in [3.8, 4) is 0 Å². The van der Waals surface area contributed by atoms with E-state index in [1.54, 1.807) is 0 Å². The van der Waals surface area contributed by atoms with E-state index in [4.69, 9.17) is 0 Å². The molecule has 2 nitrogen and oxygen atoms in total. The number of aliphatic imine (C=N–C) groups is 1. The topological polar surface area (TPSA) is 15.6 Å². The van der Waals surface area contributed by atoms with Gasteiger partial charge in [0.25, 0.3) is 0 Å². The van der Waals surface area contributed by atoms with Gasteiger partial charge in [0, 0.05) is 24.5 Å². The van der Waals surface area contributed by atoms with Crippen molar-refractivity contribution in [1.29, 1.82) is 0 Å². The monoisotopic (exact) mass is 318 g/mol. The molecule has 0 aromatic heterocycles. The van der Waals surface area contributed by atoms with Crippen molar-refractivity contribution < 1.29 is 0 Å². The van der Waals surface area contributed by atoms with E-state index in [9.17, 15) is 0 Å². The van der Waals surface area contributed by atoms with Crippen molar-refractivity contribution >= 4 is 23.2 Å². The summed E-state index contributed by atoms with van der Waals surface area (Å²) in [6.07, 6.45) is 4.32. The van der Waals surface area contributed by atoms with E-state index in [2.05, 4.69) is 81.9 Å². The predicted molar refractivity (Wildman–Crippen MR) is 106 cm³/mol. The summed E-state index contributed by atoms with van der Waals surface area (Å²) < 4.78 is 0. The standard InChI is InChI=1S/C22H26N2/c1-15-8-7-9-19(10-15)23-14-18-12-20-17(3)13-22(4,5)24(6)21(20)11-16(18)2/h7-14H,1-6H3. The van der Waals surface area contributed by atoms with Gasteiger partial charge in [0.15, 0.2) is 0 Å². The Morgan fingerprint density at radius 2 is 1.79 bits per heavy atom. The molecule has 124 valence electrons. The van der Waals surface area contributed by atoms with Gasteiger partial charge in [-0.05, 0) is 81.1 Å². The van der Waals surface area contributed by atoms with E-state index >= 15 is 0 Å². The maximum atomic E-state index is 4.66. The molecule has 1 aliphatic rings. The van der Waals surface area contributed by atoms with Gasteiger partial charge in [-0.3, -0.25) is 4.99 Å². The molecule has 0 saturated carbocycles. The third kappa shape index (κ3) is 3.01. The van der Waals surface area contributed by atoms with Crippen LogP contribution in [-0.2, 0) is 0 Å². The second-order valence-electron chi connectivity index (χ2n) is 7.36. The number of rotatable bonds is 2. The van der Waals surface area contributed by atoms with Crippen LogP contribution in [0.4, 0.5) is 11.4 Å². The number of nitrogens with zero attached hydrogens (tertiary/aromatic N) is 2. The van der Waals surface area contributed by atoms with Crippen molar-refractivity contribution in [2.45, 2.75) is 40.2 Å². The van der Waals surface area contributed by atoms with Gasteiger partial charge in [-0.1, -0.05) is 18.2 Å². The normalized spacial score (nSPS) is 16.2. The maximum Gasteiger partial charge on any atom is 0.0632 e. The molecule has 3 rings (SSSR count). The molecule has 0 fully saturated rings. The second kappa shape index (κ2) is 5.94. The molecule has 1 heterocycles. The molecular formula is C22H26N2. The predicted octanol–water partition coefficient (Wildman–Crippen LogP) is 5.69. The van der Waals surface area contributed by atoms with Gasteiger partial charge in [0.2, 0.25) is 0 Å². The van der Waals surface area contributed by atoms with Gasteiger partial charge in [0.1, 0.15) is 0 Å². The fraction of sp³-hybridized carbons (Fsp3) is 0.318. The lowest BCUT2D eigenvalue weighted by atomic mass is 9.87. The molecule has 24 heavy (non-hydrogen) atoms. The van der Waals surface area contributed by atoms with Crippen LogP contribution in [0.3, 0.4) is 0 Å². The number of benzene rings is 2. The van der Waals surface area contributed by atoms with Gasteiger partial charge in [-0.25, -0.2) is 0 Å². The smallest absolute Gasteiger partial charge is 0.0632 e. The molecule has 0 amide bonds. The maximum absolute atomic E-state index is 4.66. The minimum Gasteiger partial charge on any atom is -0.365 e. The van der Waals surface area contributed by atoms with Crippen molar-refractivity contribution in [3.63, 3.8) is 0 Å².